The van der Waals surface area contributed by atoms with Gasteiger partial charge >= 0.3 is 6.18 Å². The molecule has 7 heteroatoms. The molecule has 1 aliphatic rings. The number of carbonyl (C=O) groups excluding carboxylic acids is 1. The molecule has 0 fully saturated rings. The highest BCUT2D eigenvalue weighted by Crippen LogP contribution is 2.33. The summed E-state index contributed by atoms with van der Waals surface area (Å²) in [4.78, 5) is 12.0. The van der Waals surface area contributed by atoms with E-state index in [1.807, 2.05) is 12.1 Å². The lowest BCUT2D eigenvalue weighted by molar-refractivity contribution is -0.137. The molecule has 0 radical (unpaired) electrons. The van der Waals surface area contributed by atoms with E-state index in [0.717, 1.165) is 37.5 Å². The first-order chi connectivity index (χ1) is 11.8. The predicted molar refractivity (Wildman–Crippen MR) is 89.0 cm³/mol. The number of ether oxygens (including phenoxy) is 1. The fourth-order valence-corrected chi connectivity index (χ4v) is 2.94. The van der Waals surface area contributed by atoms with Crippen molar-refractivity contribution in [1.29, 1.82) is 0 Å². The fourth-order valence-electron chi connectivity index (χ4n) is 2.77. The first-order valence-corrected chi connectivity index (χ1v) is 8.12. The number of rotatable bonds is 4. The Hall–Kier alpha value is -2.21. The molecule has 132 valence electrons. The van der Waals surface area contributed by atoms with Crippen LogP contribution in [0.5, 0.6) is 5.75 Å². The Morgan fingerprint density at radius 2 is 1.88 bits per heavy atom. The normalized spacial score (nSPS) is 13.4. The monoisotopic (exact) mass is 369 g/mol. The number of fused-ring (bicyclic) bond motifs is 1. The predicted octanol–water partition coefficient (Wildman–Crippen LogP) is 4.87. The van der Waals surface area contributed by atoms with Crippen LogP contribution in [0.25, 0.3) is 0 Å². The molecular formula is C18H15ClF3NO2. The van der Waals surface area contributed by atoms with Crippen LogP contribution in [0.3, 0.4) is 0 Å². The van der Waals surface area contributed by atoms with Crippen LogP contribution in [0.15, 0.2) is 36.4 Å². The first kappa shape index (κ1) is 17.6. The van der Waals surface area contributed by atoms with E-state index < -0.39 is 17.6 Å². The van der Waals surface area contributed by atoms with Gasteiger partial charge in [0.25, 0.3) is 5.91 Å². The third kappa shape index (κ3) is 4.25. The van der Waals surface area contributed by atoms with Crippen molar-refractivity contribution in [2.24, 2.45) is 0 Å². The maximum atomic E-state index is 12.7. The molecule has 0 unspecified atom stereocenters. The molecule has 2 aromatic rings. The van der Waals surface area contributed by atoms with Crippen molar-refractivity contribution >= 4 is 23.2 Å². The Morgan fingerprint density at radius 3 is 2.64 bits per heavy atom. The molecule has 0 aromatic heterocycles. The van der Waals surface area contributed by atoms with Crippen molar-refractivity contribution < 1.29 is 22.7 Å². The fraction of sp³-hybridized carbons (Fsp3) is 0.278. The second kappa shape index (κ2) is 6.96. The van der Waals surface area contributed by atoms with E-state index in [0.29, 0.717) is 5.75 Å². The summed E-state index contributed by atoms with van der Waals surface area (Å²) >= 11 is 5.85. The molecule has 3 rings (SSSR count). The summed E-state index contributed by atoms with van der Waals surface area (Å²) in [5.74, 6) is -0.0207. The van der Waals surface area contributed by atoms with Crippen LogP contribution in [0, 0.1) is 0 Å². The number of benzene rings is 2. The van der Waals surface area contributed by atoms with Gasteiger partial charge in [-0.05, 0) is 60.7 Å². The minimum atomic E-state index is -4.51. The molecule has 0 saturated heterocycles. The first-order valence-electron chi connectivity index (χ1n) is 7.74. The number of amides is 1. The molecule has 0 heterocycles. The van der Waals surface area contributed by atoms with E-state index in [1.165, 1.54) is 11.1 Å². The van der Waals surface area contributed by atoms with Gasteiger partial charge in [-0.3, -0.25) is 4.79 Å². The number of anilines is 1. The van der Waals surface area contributed by atoms with Gasteiger partial charge in [-0.2, -0.15) is 13.2 Å². The Kier molecular flexibility index (Phi) is 4.90. The number of carbonyl (C=O) groups is 1. The van der Waals surface area contributed by atoms with Crippen molar-refractivity contribution in [3.05, 3.63) is 58.1 Å². The molecule has 25 heavy (non-hydrogen) atoms. The average molecular weight is 370 g/mol. The number of alkyl halides is 3. The minimum absolute atomic E-state index is 0.0267. The summed E-state index contributed by atoms with van der Waals surface area (Å²) < 4.78 is 43.6. The van der Waals surface area contributed by atoms with Crippen LogP contribution in [0.4, 0.5) is 18.9 Å². The maximum absolute atomic E-state index is 12.7. The summed E-state index contributed by atoms with van der Waals surface area (Å²) in [5, 5.41) is 2.38. The average Bonchev–Trinajstić information content (AvgIpc) is 3.01. The van der Waals surface area contributed by atoms with Crippen LogP contribution in [0.1, 0.15) is 23.1 Å². The molecule has 1 aliphatic carbocycles. The zero-order chi connectivity index (χ0) is 18.0. The van der Waals surface area contributed by atoms with Crippen molar-refractivity contribution in [2.75, 3.05) is 11.9 Å². The smallest absolute Gasteiger partial charge is 0.416 e. The van der Waals surface area contributed by atoms with Gasteiger partial charge < -0.3 is 10.1 Å². The molecule has 0 aliphatic heterocycles. The summed E-state index contributed by atoms with van der Waals surface area (Å²) in [6, 6.07) is 8.41. The van der Waals surface area contributed by atoms with Crippen LogP contribution in [-0.4, -0.2) is 12.5 Å². The number of halogens is 4. The van der Waals surface area contributed by atoms with Crippen molar-refractivity contribution in [1.82, 2.24) is 0 Å². The highest BCUT2D eigenvalue weighted by Gasteiger charge is 2.31. The maximum Gasteiger partial charge on any atom is 0.416 e. The van der Waals surface area contributed by atoms with Gasteiger partial charge in [0.2, 0.25) is 0 Å². The van der Waals surface area contributed by atoms with Gasteiger partial charge in [0.15, 0.2) is 6.61 Å². The van der Waals surface area contributed by atoms with E-state index in [9.17, 15) is 18.0 Å². The highest BCUT2D eigenvalue weighted by atomic mass is 35.5. The number of aryl methyl sites for hydroxylation is 2. The van der Waals surface area contributed by atoms with E-state index in [2.05, 4.69) is 5.32 Å². The lowest BCUT2D eigenvalue weighted by Crippen LogP contribution is -2.20. The molecule has 0 bridgehead atoms. The Labute approximate surface area is 147 Å². The van der Waals surface area contributed by atoms with Crippen molar-refractivity contribution in [3.8, 4) is 5.75 Å². The van der Waals surface area contributed by atoms with E-state index in [-0.39, 0.29) is 17.3 Å². The van der Waals surface area contributed by atoms with E-state index >= 15 is 0 Å². The van der Waals surface area contributed by atoms with Gasteiger partial charge in [0.1, 0.15) is 5.75 Å². The quantitative estimate of drug-likeness (QED) is 0.835. The third-order valence-corrected chi connectivity index (χ3v) is 4.34. The molecule has 0 spiro atoms. The Bertz CT molecular complexity index is 805. The summed E-state index contributed by atoms with van der Waals surface area (Å²) in [7, 11) is 0. The minimum Gasteiger partial charge on any atom is -0.484 e. The largest absolute Gasteiger partial charge is 0.484 e. The third-order valence-electron chi connectivity index (χ3n) is 4.01. The molecule has 0 saturated carbocycles. The summed E-state index contributed by atoms with van der Waals surface area (Å²) in [5.41, 5.74) is 1.51. The zero-order valence-corrected chi connectivity index (χ0v) is 13.9. The number of hydrogen-bond acceptors (Lipinski definition) is 2. The second-order valence-electron chi connectivity index (χ2n) is 5.81. The number of hydrogen-bond donors (Lipinski definition) is 1. The van der Waals surface area contributed by atoms with Crippen LogP contribution in [0.2, 0.25) is 5.02 Å². The van der Waals surface area contributed by atoms with Crippen LogP contribution < -0.4 is 10.1 Å². The Morgan fingerprint density at radius 1 is 1.12 bits per heavy atom. The highest BCUT2D eigenvalue weighted by molar-refractivity contribution is 6.33. The number of nitrogens with one attached hydrogen (secondary N) is 1. The van der Waals surface area contributed by atoms with Gasteiger partial charge in [-0.15, -0.1) is 0 Å². The van der Waals surface area contributed by atoms with Crippen molar-refractivity contribution in [2.45, 2.75) is 25.4 Å². The molecule has 2 aromatic carbocycles. The summed E-state index contributed by atoms with van der Waals surface area (Å²) in [6.45, 7) is -0.314. The molecule has 0 atom stereocenters. The molecule has 1 N–H and O–H groups in total. The second-order valence-corrected chi connectivity index (χ2v) is 6.22. The standard InChI is InChI=1S/C18H15ClF3NO2/c19-15-7-5-13(18(20,21)22)9-16(15)23-17(24)10-25-14-6-4-11-2-1-3-12(11)8-14/h4-9H,1-3,10H2,(H,23,24). The lowest BCUT2D eigenvalue weighted by Gasteiger charge is -2.12. The lowest BCUT2D eigenvalue weighted by atomic mass is 10.1. The van der Waals surface area contributed by atoms with Crippen LogP contribution in [-0.2, 0) is 23.8 Å². The van der Waals surface area contributed by atoms with Crippen molar-refractivity contribution in [3.63, 3.8) is 0 Å². The van der Waals surface area contributed by atoms with Gasteiger partial charge in [0, 0.05) is 0 Å². The zero-order valence-electron chi connectivity index (χ0n) is 13.1. The van der Waals surface area contributed by atoms with Crippen LogP contribution >= 0.6 is 11.6 Å². The molecule has 1 amide bonds. The van der Waals surface area contributed by atoms with Gasteiger partial charge in [-0.1, -0.05) is 17.7 Å². The SMILES string of the molecule is O=C(COc1ccc2c(c1)CCC2)Nc1cc(C(F)(F)F)ccc1Cl. The summed E-state index contributed by atoms with van der Waals surface area (Å²) in [6.07, 6.45) is -1.37. The van der Waals surface area contributed by atoms with E-state index in [1.54, 1.807) is 6.07 Å². The molecule has 3 nitrogen and oxygen atoms in total. The van der Waals surface area contributed by atoms with Gasteiger partial charge in [-0.25, -0.2) is 0 Å². The topological polar surface area (TPSA) is 38.3 Å². The van der Waals surface area contributed by atoms with E-state index in [4.69, 9.17) is 16.3 Å². The molecular weight excluding hydrogens is 355 g/mol. The van der Waals surface area contributed by atoms with Gasteiger partial charge in [0.05, 0.1) is 16.3 Å². The Balaban J connectivity index is 1.63.